The molecule has 0 saturated carbocycles. The molecule has 0 fully saturated rings. The Morgan fingerprint density at radius 1 is 1.24 bits per heavy atom. The minimum atomic E-state index is -0.513. The fourth-order valence-corrected chi connectivity index (χ4v) is 2.40. The summed E-state index contributed by atoms with van der Waals surface area (Å²) in [5.41, 5.74) is 3.31. The van der Waals surface area contributed by atoms with E-state index in [2.05, 4.69) is 31.3 Å². The maximum atomic E-state index is 13.6. The van der Waals surface area contributed by atoms with Crippen LogP contribution in [0.15, 0.2) is 47.6 Å². The minimum Gasteiger partial charge on any atom is -0.483 e. The van der Waals surface area contributed by atoms with Crippen LogP contribution in [0.25, 0.3) is 0 Å². The maximum Gasteiger partial charge on any atom is 0.277 e. The second kappa shape index (κ2) is 8.12. The Balaban J connectivity index is 1.95. The van der Waals surface area contributed by atoms with Gasteiger partial charge in [-0.1, -0.05) is 56.6 Å². The molecule has 6 heteroatoms. The highest BCUT2D eigenvalue weighted by Crippen LogP contribution is 2.30. The standard InChI is InChI=1S/C19H20ClFN2O2/c1-19(2,3)14-7-4-5-10-17(14)25-12-18(24)23-22-11-13-15(20)8-6-9-16(13)21/h4-11H,12H2,1-3H3,(H,23,24)/b22-11+. The topological polar surface area (TPSA) is 50.7 Å². The zero-order chi connectivity index (χ0) is 18.4. The molecule has 0 unspecified atom stereocenters. The lowest BCUT2D eigenvalue weighted by Gasteiger charge is -2.22. The quantitative estimate of drug-likeness (QED) is 0.636. The first-order valence-electron chi connectivity index (χ1n) is 7.77. The highest BCUT2D eigenvalue weighted by Gasteiger charge is 2.18. The van der Waals surface area contributed by atoms with E-state index in [0.717, 1.165) is 5.56 Å². The van der Waals surface area contributed by atoms with Gasteiger partial charge in [0.1, 0.15) is 11.6 Å². The fraction of sp³-hybridized carbons (Fsp3) is 0.263. The average molecular weight is 363 g/mol. The summed E-state index contributed by atoms with van der Waals surface area (Å²) in [6.07, 6.45) is 1.17. The molecule has 0 spiro atoms. The molecular weight excluding hydrogens is 343 g/mol. The summed E-state index contributed by atoms with van der Waals surface area (Å²) in [6.45, 7) is 6.00. The van der Waals surface area contributed by atoms with Crippen LogP contribution in [0.5, 0.6) is 5.75 Å². The van der Waals surface area contributed by atoms with E-state index in [1.54, 1.807) is 6.07 Å². The Hall–Kier alpha value is -2.40. The van der Waals surface area contributed by atoms with E-state index >= 15 is 0 Å². The van der Waals surface area contributed by atoms with Gasteiger partial charge in [0.2, 0.25) is 0 Å². The number of carbonyl (C=O) groups is 1. The lowest BCUT2D eigenvalue weighted by Crippen LogP contribution is -2.25. The van der Waals surface area contributed by atoms with Crippen molar-refractivity contribution in [1.82, 2.24) is 5.43 Å². The first-order chi connectivity index (χ1) is 11.8. The van der Waals surface area contributed by atoms with Crippen molar-refractivity contribution in [2.75, 3.05) is 6.61 Å². The number of carbonyl (C=O) groups excluding carboxylic acids is 1. The molecule has 0 aromatic heterocycles. The molecule has 1 amide bonds. The highest BCUT2D eigenvalue weighted by atomic mass is 35.5. The molecule has 132 valence electrons. The molecule has 2 aromatic rings. The van der Waals surface area contributed by atoms with Crippen molar-refractivity contribution in [2.24, 2.45) is 5.10 Å². The predicted octanol–water partition coefficient (Wildman–Crippen LogP) is 4.31. The molecule has 25 heavy (non-hydrogen) atoms. The van der Waals surface area contributed by atoms with E-state index in [1.165, 1.54) is 18.3 Å². The summed E-state index contributed by atoms with van der Waals surface area (Å²) < 4.78 is 19.2. The molecule has 0 bridgehead atoms. The fourth-order valence-electron chi connectivity index (χ4n) is 2.19. The van der Waals surface area contributed by atoms with E-state index in [1.807, 2.05) is 24.3 Å². The molecular formula is C19H20ClFN2O2. The van der Waals surface area contributed by atoms with Crippen molar-refractivity contribution in [1.29, 1.82) is 0 Å². The Morgan fingerprint density at radius 2 is 1.96 bits per heavy atom. The number of halogens is 2. The molecule has 0 atom stereocenters. The zero-order valence-electron chi connectivity index (χ0n) is 14.3. The number of hydrogen-bond acceptors (Lipinski definition) is 3. The third-order valence-electron chi connectivity index (χ3n) is 3.44. The third-order valence-corrected chi connectivity index (χ3v) is 3.77. The lowest BCUT2D eigenvalue weighted by molar-refractivity contribution is -0.123. The number of hydrogen-bond donors (Lipinski definition) is 1. The van der Waals surface area contributed by atoms with Crippen LogP contribution < -0.4 is 10.2 Å². The Kier molecular flexibility index (Phi) is 6.15. The van der Waals surface area contributed by atoms with E-state index in [9.17, 15) is 9.18 Å². The van der Waals surface area contributed by atoms with Crippen molar-refractivity contribution in [2.45, 2.75) is 26.2 Å². The molecule has 0 aliphatic heterocycles. The van der Waals surface area contributed by atoms with E-state index in [0.29, 0.717) is 5.75 Å². The van der Waals surface area contributed by atoms with Gasteiger partial charge in [0, 0.05) is 5.56 Å². The maximum absolute atomic E-state index is 13.6. The second-order valence-electron chi connectivity index (χ2n) is 6.46. The lowest BCUT2D eigenvalue weighted by atomic mass is 9.86. The monoisotopic (exact) mass is 362 g/mol. The van der Waals surface area contributed by atoms with Gasteiger partial charge in [-0.25, -0.2) is 9.82 Å². The Labute approximate surface area is 151 Å². The van der Waals surface area contributed by atoms with Gasteiger partial charge in [-0.3, -0.25) is 4.79 Å². The summed E-state index contributed by atoms with van der Waals surface area (Å²) in [6, 6.07) is 11.9. The van der Waals surface area contributed by atoms with Crippen molar-refractivity contribution in [3.63, 3.8) is 0 Å². The number of nitrogens with zero attached hydrogens (tertiary/aromatic N) is 1. The smallest absolute Gasteiger partial charge is 0.277 e. The van der Waals surface area contributed by atoms with Crippen LogP contribution in [-0.2, 0) is 10.2 Å². The van der Waals surface area contributed by atoms with Crippen LogP contribution in [0.2, 0.25) is 5.02 Å². The van der Waals surface area contributed by atoms with Gasteiger partial charge in [-0.15, -0.1) is 0 Å². The Bertz CT molecular complexity index is 765. The van der Waals surface area contributed by atoms with Gasteiger partial charge in [-0.05, 0) is 29.2 Å². The summed E-state index contributed by atoms with van der Waals surface area (Å²) >= 11 is 5.88. The SMILES string of the molecule is CC(C)(C)c1ccccc1OCC(=O)N/N=C/c1c(F)cccc1Cl. The molecule has 2 aromatic carbocycles. The molecule has 0 heterocycles. The number of ether oxygens (including phenoxy) is 1. The molecule has 0 aliphatic carbocycles. The number of nitrogens with one attached hydrogen (secondary N) is 1. The second-order valence-corrected chi connectivity index (χ2v) is 6.87. The zero-order valence-corrected chi connectivity index (χ0v) is 15.1. The van der Waals surface area contributed by atoms with Crippen LogP contribution in [-0.4, -0.2) is 18.7 Å². The van der Waals surface area contributed by atoms with Crippen LogP contribution in [0.1, 0.15) is 31.9 Å². The summed E-state index contributed by atoms with van der Waals surface area (Å²) in [7, 11) is 0. The number of para-hydroxylation sites is 1. The van der Waals surface area contributed by atoms with E-state index in [4.69, 9.17) is 16.3 Å². The van der Waals surface area contributed by atoms with Crippen LogP contribution >= 0.6 is 11.6 Å². The minimum absolute atomic E-state index is 0.104. The van der Waals surface area contributed by atoms with Crippen LogP contribution in [0, 0.1) is 5.82 Å². The molecule has 0 radical (unpaired) electrons. The number of rotatable bonds is 5. The van der Waals surface area contributed by atoms with Gasteiger partial charge in [0.15, 0.2) is 6.61 Å². The van der Waals surface area contributed by atoms with Crippen LogP contribution in [0.3, 0.4) is 0 Å². The van der Waals surface area contributed by atoms with Gasteiger partial charge in [0.25, 0.3) is 5.91 Å². The summed E-state index contributed by atoms with van der Waals surface area (Å²) in [4.78, 5) is 11.9. The van der Waals surface area contributed by atoms with Gasteiger partial charge in [0.05, 0.1) is 11.2 Å². The van der Waals surface area contributed by atoms with Crippen molar-refractivity contribution < 1.29 is 13.9 Å². The number of benzene rings is 2. The van der Waals surface area contributed by atoms with E-state index in [-0.39, 0.29) is 22.6 Å². The summed E-state index contributed by atoms with van der Waals surface area (Å²) in [5, 5.41) is 3.93. The van der Waals surface area contributed by atoms with Crippen LogP contribution in [0.4, 0.5) is 4.39 Å². The van der Waals surface area contributed by atoms with Gasteiger partial charge < -0.3 is 4.74 Å². The van der Waals surface area contributed by atoms with Crippen molar-refractivity contribution in [3.8, 4) is 5.75 Å². The van der Waals surface area contributed by atoms with Gasteiger partial charge in [-0.2, -0.15) is 5.10 Å². The first kappa shape index (κ1) is 18.9. The first-order valence-corrected chi connectivity index (χ1v) is 8.15. The largest absolute Gasteiger partial charge is 0.483 e. The molecule has 0 aliphatic rings. The molecule has 4 nitrogen and oxygen atoms in total. The summed E-state index contributed by atoms with van der Waals surface area (Å²) in [5.74, 6) is -0.320. The normalized spacial score (nSPS) is 11.6. The Morgan fingerprint density at radius 3 is 2.64 bits per heavy atom. The van der Waals surface area contributed by atoms with Crippen molar-refractivity contribution in [3.05, 3.63) is 64.4 Å². The van der Waals surface area contributed by atoms with Crippen molar-refractivity contribution >= 4 is 23.7 Å². The highest BCUT2D eigenvalue weighted by molar-refractivity contribution is 6.33. The molecule has 2 rings (SSSR count). The molecule has 1 N–H and O–H groups in total. The van der Waals surface area contributed by atoms with E-state index < -0.39 is 11.7 Å². The average Bonchev–Trinajstić information content (AvgIpc) is 2.55. The number of amides is 1. The third kappa shape index (κ3) is 5.29. The van der Waals surface area contributed by atoms with Gasteiger partial charge >= 0.3 is 0 Å². The number of hydrazone groups is 1. The predicted molar refractivity (Wildman–Crippen MR) is 97.8 cm³/mol. The molecule has 0 saturated heterocycles.